The Morgan fingerprint density at radius 3 is 2.55 bits per heavy atom. The van der Waals surface area contributed by atoms with Gasteiger partial charge in [-0.25, -0.2) is 0 Å². The molecule has 178 valence electrons. The number of hydrogen-bond donors (Lipinski definition) is 2. The lowest BCUT2D eigenvalue weighted by molar-refractivity contribution is -0.232. The van der Waals surface area contributed by atoms with Gasteiger partial charge in [0.2, 0.25) is 5.91 Å². The maximum atomic E-state index is 14.0. The molecule has 1 heterocycles. The zero-order valence-electron chi connectivity index (χ0n) is 19.2. The molecule has 8 heteroatoms. The van der Waals surface area contributed by atoms with Gasteiger partial charge in [0, 0.05) is 11.9 Å². The third kappa shape index (κ3) is 5.38. The fraction of sp³-hybridized carbons (Fsp3) is 0.440. The molecular formula is C25H29F3N2O3. The predicted molar refractivity (Wildman–Crippen MR) is 123 cm³/mol. The molecule has 2 aromatic carbocycles. The second-order valence-corrected chi connectivity index (χ2v) is 8.71. The molecule has 1 amide bonds. The number of carbonyl (C=O) groups is 1. The zero-order chi connectivity index (χ0) is 24.4. The Bertz CT molecular complexity index is 1050. The van der Waals surface area contributed by atoms with Crippen molar-refractivity contribution >= 4 is 23.5 Å². The van der Waals surface area contributed by atoms with Crippen LogP contribution in [0.2, 0.25) is 0 Å². The topological polar surface area (TPSA) is 70.9 Å². The highest BCUT2D eigenvalue weighted by Gasteiger charge is 2.53. The Kier molecular flexibility index (Phi) is 7.17. The highest BCUT2D eigenvalue weighted by Crippen LogP contribution is 2.42. The lowest BCUT2D eigenvalue weighted by Crippen LogP contribution is -2.47. The number of methoxy groups -OCH3 is 1. The Morgan fingerprint density at radius 2 is 1.94 bits per heavy atom. The number of ether oxygens (including phenoxy) is 1. The van der Waals surface area contributed by atoms with Crippen molar-refractivity contribution < 1.29 is 27.8 Å². The van der Waals surface area contributed by atoms with Crippen molar-refractivity contribution in [3.8, 4) is 5.75 Å². The number of nitrogens with zero attached hydrogens (tertiary/aromatic N) is 1. The summed E-state index contributed by atoms with van der Waals surface area (Å²) in [6.45, 7) is 5.82. The number of aliphatic hydroxyl groups is 1. The minimum Gasteiger partial charge on any atom is -0.496 e. The molecule has 5 nitrogen and oxygen atoms in total. The van der Waals surface area contributed by atoms with E-state index >= 15 is 0 Å². The summed E-state index contributed by atoms with van der Waals surface area (Å²) in [6, 6.07) is 10.1. The first-order valence-electron chi connectivity index (χ1n) is 10.9. The average Bonchev–Trinajstić information content (AvgIpc) is 3.14. The molecule has 2 N–H and O–H groups in total. The van der Waals surface area contributed by atoms with Crippen molar-refractivity contribution in [3.05, 3.63) is 53.1 Å². The van der Waals surface area contributed by atoms with E-state index < -0.39 is 24.1 Å². The van der Waals surface area contributed by atoms with E-state index in [1.54, 1.807) is 25.1 Å². The summed E-state index contributed by atoms with van der Waals surface area (Å²) in [5.74, 6) is -0.0439. The average molecular weight is 463 g/mol. The van der Waals surface area contributed by atoms with E-state index in [0.717, 1.165) is 5.56 Å². The standard InChI is InChI=1S/C25H29F3N2O3/c1-5-16(20-8-6-17(15(2)3)11-22(20)33-4)13-24(32,25(26,27)28)14-29-19-7-9-21-18(10-19)12-23(31)30-21/h6-11,14-16,32H,5,12-13H2,1-4H3,(H,30,31). The molecule has 0 saturated carbocycles. The van der Waals surface area contributed by atoms with Gasteiger partial charge in [-0.2, -0.15) is 13.2 Å². The third-order valence-electron chi connectivity index (χ3n) is 6.05. The van der Waals surface area contributed by atoms with Gasteiger partial charge in [0.15, 0.2) is 5.60 Å². The lowest BCUT2D eigenvalue weighted by Gasteiger charge is -2.31. The Hall–Kier alpha value is -2.87. The van der Waals surface area contributed by atoms with Crippen LogP contribution in [0, 0.1) is 0 Å². The molecule has 0 spiro atoms. The predicted octanol–water partition coefficient (Wildman–Crippen LogP) is 5.89. The number of hydrogen-bond acceptors (Lipinski definition) is 4. The highest BCUT2D eigenvalue weighted by atomic mass is 19.4. The van der Waals surface area contributed by atoms with Crippen LogP contribution in [0.15, 0.2) is 41.4 Å². The molecule has 2 unspecified atom stereocenters. The largest absolute Gasteiger partial charge is 0.496 e. The van der Waals surface area contributed by atoms with Crippen molar-refractivity contribution in [2.24, 2.45) is 4.99 Å². The van der Waals surface area contributed by atoms with E-state index in [1.807, 2.05) is 26.0 Å². The SMILES string of the molecule is CCC(CC(O)(C=Nc1ccc2c(c1)CC(=O)N2)C(F)(F)F)c1ccc(C(C)C)cc1OC. The van der Waals surface area contributed by atoms with Crippen LogP contribution in [0.25, 0.3) is 0 Å². The Labute approximate surface area is 191 Å². The number of aliphatic imine (C=N–C) groups is 1. The first kappa shape index (κ1) is 24.8. The third-order valence-corrected chi connectivity index (χ3v) is 6.05. The molecule has 33 heavy (non-hydrogen) atoms. The molecule has 0 fully saturated rings. The Balaban J connectivity index is 1.92. The molecule has 0 saturated heterocycles. The minimum atomic E-state index is -4.93. The fourth-order valence-corrected chi connectivity index (χ4v) is 3.99. The monoisotopic (exact) mass is 462 g/mol. The summed E-state index contributed by atoms with van der Waals surface area (Å²) in [6.07, 6.45) is -4.44. The van der Waals surface area contributed by atoms with E-state index in [-0.39, 0.29) is 23.9 Å². The van der Waals surface area contributed by atoms with Gasteiger partial charge < -0.3 is 15.2 Å². The minimum absolute atomic E-state index is 0.145. The maximum Gasteiger partial charge on any atom is 0.422 e. The van der Waals surface area contributed by atoms with Crippen molar-refractivity contribution in [2.75, 3.05) is 12.4 Å². The van der Waals surface area contributed by atoms with Gasteiger partial charge in [0.1, 0.15) is 5.75 Å². The first-order chi connectivity index (χ1) is 15.5. The van der Waals surface area contributed by atoms with Gasteiger partial charge in [-0.1, -0.05) is 32.9 Å². The van der Waals surface area contributed by atoms with Crippen LogP contribution in [0.5, 0.6) is 5.75 Å². The van der Waals surface area contributed by atoms with Crippen LogP contribution in [0.1, 0.15) is 62.1 Å². The molecule has 1 aliphatic rings. The van der Waals surface area contributed by atoms with Crippen LogP contribution in [-0.2, 0) is 11.2 Å². The van der Waals surface area contributed by atoms with Crippen LogP contribution in [-0.4, -0.2) is 36.1 Å². The first-order valence-corrected chi connectivity index (χ1v) is 10.9. The summed E-state index contributed by atoms with van der Waals surface area (Å²) >= 11 is 0. The Morgan fingerprint density at radius 1 is 1.21 bits per heavy atom. The number of benzene rings is 2. The lowest BCUT2D eigenvalue weighted by atomic mass is 9.83. The van der Waals surface area contributed by atoms with Crippen molar-refractivity contribution in [1.29, 1.82) is 0 Å². The van der Waals surface area contributed by atoms with Gasteiger partial charge in [-0.3, -0.25) is 9.79 Å². The van der Waals surface area contributed by atoms with Crippen LogP contribution >= 0.6 is 0 Å². The molecule has 2 aromatic rings. The molecule has 0 aromatic heterocycles. The van der Waals surface area contributed by atoms with Gasteiger partial charge in [-0.15, -0.1) is 0 Å². The zero-order valence-corrected chi connectivity index (χ0v) is 19.2. The van der Waals surface area contributed by atoms with Crippen molar-refractivity contribution in [2.45, 2.75) is 63.6 Å². The number of alkyl halides is 3. The summed E-state index contributed by atoms with van der Waals surface area (Å²) in [5, 5.41) is 13.4. The van der Waals surface area contributed by atoms with Crippen molar-refractivity contribution in [3.63, 3.8) is 0 Å². The second-order valence-electron chi connectivity index (χ2n) is 8.71. The summed E-state index contributed by atoms with van der Waals surface area (Å²) in [7, 11) is 1.49. The van der Waals surface area contributed by atoms with Crippen LogP contribution in [0.3, 0.4) is 0 Å². The molecule has 2 atom stereocenters. The van der Waals surface area contributed by atoms with Gasteiger partial charge >= 0.3 is 6.18 Å². The second kappa shape index (κ2) is 9.55. The summed E-state index contributed by atoms with van der Waals surface area (Å²) < 4.78 is 47.5. The summed E-state index contributed by atoms with van der Waals surface area (Å²) in [5.41, 5.74) is 0.00686. The van der Waals surface area contributed by atoms with Crippen LogP contribution in [0.4, 0.5) is 24.5 Å². The van der Waals surface area contributed by atoms with E-state index in [1.165, 1.54) is 13.2 Å². The van der Waals surface area contributed by atoms with Gasteiger partial charge in [-0.05, 0) is 65.6 Å². The number of carbonyl (C=O) groups excluding carboxylic acids is 1. The quantitative estimate of drug-likeness (QED) is 0.481. The van der Waals surface area contributed by atoms with Gasteiger partial charge in [0.05, 0.1) is 19.2 Å². The van der Waals surface area contributed by atoms with Crippen molar-refractivity contribution in [1.82, 2.24) is 0 Å². The van der Waals surface area contributed by atoms with E-state index in [0.29, 0.717) is 35.2 Å². The molecule has 0 radical (unpaired) electrons. The number of anilines is 1. The molecule has 3 rings (SSSR count). The molecule has 1 aliphatic heterocycles. The van der Waals surface area contributed by atoms with E-state index in [9.17, 15) is 23.1 Å². The number of halogens is 3. The van der Waals surface area contributed by atoms with Gasteiger partial charge in [0.25, 0.3) is 0 Å². The number of rotatable bonds is 8. The van der Waals surface area contributed by atoms with E-state index in [2.05, 4.69) is 10.3 Å². The fourth-order valence-electron chi connectivity index (χ4n) is 3.99. The van der Waals surface area contributed by atoms with E-state index in [4.69, 9.17) is 4.74 Å². The highest BCUT2D eigenvalue weighted by molar-refractivity contribution is 5.99. The number of amides is 1. The van der Waals surface area contributed by atoms with Crippen LogP contribution < -0.4 is 10.1 Å². The molecular weight excluding hydrogens is 433 g/mol. The summed E-state index contributed by atoms with van der Waals surface area (Å²) in [4.78, 5) is 15.5. The number of nitrogens with one attached hydrogen (secondary N) is 1. The molecule has 0 bridgehead atoms. The number of fused-ring (bicyclic) bond motifs is 1. The normalized spacial score (nSPS) is 16.6. The smallest absolute Gasteiger partial charge is 0.422 e. The molecule has 0 aliphatic carbocycles. The maximum absolute atomic E-state index is 14.0.